The first-order valence-corrected chi connectivity index (χ1v) is 10.5. The van der Waals surface area contributed by atoms with E-state index in [9.17, 15) is 0 Å². The Hall–Kier alpha value is -3.05. The van der Waals surface area contributed by atoms with Crippen molar-refractivity contribution in [1.82, 2.24) is 14.8 Å². The maximum Gasteiger partial charge on any atom is 0.196 e. The molecule has 4 nitrogen and oxygen atoms in total. The number of thioether (sulfide) groups is 1. The molecule has 5 heteroatoms. The molecule has 0 N–H and O–H groups in total. The molecule has 4 rings (SSSR count). The van der Waals surface area contributed by atoms with Gasteiger partial charge < -0.3 is 4.74 Å². The quantitative estimate of drug-likeness (QED) is 0.385. The molecule has 0 saturated heterocycles. The average Bonchev–Trinajstić information content (AvgIpc) is 3.16. The second-order valence-corrected chi connectivity index (χ2v) is 7.81. The third kappa shape index (κ3) is 4.69. The molecule has 0 bridgehead atoms. The van der Waals surface area contributed by atoms with Crippen LogP contribution in [-0.4, -0.2) is 21.9 Å². The van der Waals surface area contributed by atoms with Gasteiger partial charge in [-0.3, -0.25) is 4.57 Å². The number of nitrogens with zero attached hydrogens (tertiary/aromatic N) is 3. The van der Waals surface area contributed by atoms with Crippen molar-refractivity contribution in [2.45, 2.75) is 24.3 Å². The van der Waals surface area contributed by atoms with E-state index in [0.29, 0.717) is 0 Å². The lowest BCUT2D eigenvalue weighted by molar-refractivity contribution is 0.414. The SMILES string of the molecule is COc1ccc(-n2c(Cc3ccccc3)nnc2SCc2ccc(C)cc2)cc1. The number of ether oxygens (including phenoxy) is 1. The van der Waals surface area contributed by atoms with Crippen LogP contribution in [0, 0.1) is 6.92 Å². The van der Waals surface area contributed by atoms with Crippen LogP contribution in [0.15, 0.2) is 84.0 Å². The molecule has 0 spiro atoms. The molecule has 0 amide bonds. The maximum atomic E-state index is 5.31. The van der Waals surface area contributed by atoms with E-state index in [1.807, 2.05) is 30.3 Å². The van der Waals surface area contributed by atoms with Crippen molar-refractivity contribution in [2.75, 3.05) is 7.11 Å². The largest absolute Gasteiger partial charge is 0.497 e. The zero-order chi connectivity index (χ0) is 20.1. The van der Waals surface area contributed by atoms with Crippen molar-refractivity contribution in [3.05, 3.63) is 101 Å². The third-order valence-corrected chi connectivity index (χ3v) is 5.72. The number of benzene rings is 3. The fourth-order valence-corrected chi connectivity index (χ4v) is 4.04. The highest BCUT2D eigenvalue weighted by Crippen LogP contribution is 2.27. The minimum absolute atomic E-state index is 0.727. The molecule has 0 aliphatic heterocycles. The van der Waals surface area contributed by atoms with Crippen molar-refractivity contribution in [3.8, 4) is 11.4 Å². The van der Waals surface area contributed by atoms with Crippen LogP contribution in [0.5, 0.6) is 5.75 Å². The van der Waals surface area contributed by atoms with Crippen molar-refractivity contribution in [2.24, 2.45) is 0 Å². The highest BCUT2D eigenvalue weighted by Gasteiger charge is 2.15. The Kier molecular flexibility index (Phi) is 5.96. The summed E-state index contributed by atoms with van der Waals surface area (Å²) in [5.74, 6) is 2.60. The lowest BCUT2D eigenvalue weighted by Crippen LogP contribution is -2.04. The number of hydrogen-bond acceptors (Lipinski definition) is 4. The maximum absolute atomic E-state index is 5.31. The number of aryl methyl sites for hydroxylation is 1. The molecular formula is C24H23N3OS. The minimum Gasteiger partial charge on any atom is -0.497 e. The zero-order valence-corrected chi connectivity index (χ0v) is 17.4. The molecule has 0 aliphatic carbocycles. The smallest absolute Gasteiger partial charge is 0.196 e. The Morgan fingerprint density at radius 3 is 2.24 bits per heavy atom. The second-order valence-electron chi connectivity index (χ2n) is 6.87. The standard InChI is InChI=1S/C24H23N3OS/c1-18-8-10-20(11-9-18)17-29-24-26-25-23(16-19-6-4-3-5-7-19)27(24)21-12-14-22(28-2)15-13-21/h3-15H,16-17H2,1-2H3. The highest BCUT2D eigenvalue weighted by molar-refractivity contribution is 7.98. The van der Waals surface area contributed by atoms with E-state index in [1.165, 1.54) is 16.7 Å². The van der Waals surface area contributed by atoms with Crippen molar-refractivity contribution in [1.29, 1.82) is 0 Å². The summed E-state index contributed by atoms with van der Waals surface area (Å²) in [6.45, 7) is 2.10. The predicted octanol–water partition coefficient (Wildman–Crippen LogP) is 5.47. The summed E-state index contributed by atoms with van der Waals surface area (Å²) in [6, 6.07) is 27.0. The second kappa shape index (κ2) is 8.97. The van der Waals surface area contributed by atoms with E-state index in [0.717, 1.165) is 34.6 Å². The van der Waals surface area contributed by atoms with Crippen LogP contribution in [0.2, 0.25) is 0 Å². The van der Waals surface area contributed by atoms with Gasteiger partial charge in [-0.05, 0) is 42.3 Å². The topological polar surface area (TPSA) is 39.9 Å². The van der Waals surface area contributed by atoms with Crippen molar-refractivity contribution < 1.29 is 4.74 Å². The van der Waals surface area contributed by atoms with E-state index in [2.05, 4.69) is 70.2 Å². The molecule has 3 aromatic carbocycles. The van der Waals surface area contributed by atoms with Crippen LogP contribution < -0.4 is 4.74 Å². The van der Waals surface area contributed by atoms with Crippen LogP contribution >= 0.6 is 11.8 Å². The van der Waals surface area contributed by atoms with Gasteiger partial charge in [-0.2, -0.15) is 0 Å². The van der Waals surface area contributed by atoms with E-state index in [-0.39, 0.29) is 0 Å². The Morgan fingerprint density at radius 2 is 1.55 bits per heavy atom. The molecule has 146 valence electrons. The van der Waals surface area contributed by atoms with Gasteiger partial charge in [-0.25, -0.2) is 0 Å². The van der Waals surface area contributed by atoms with Crippen LogP contribution in [0.1, 0.15) is 22.5 Å². The molecule has 0 fully saturated rings. The summed E-state index contributed by atoms with van der Waals surface area (Å²) in [7, 11) is 1.68. The first-order chi connectivity index (χ1) is 14.2. The lowest BCUT2D eigenvalue weighted by atomic mass is 10.1. The summed E-state index contributed by atoms with van der Waals surface area (Å²) < 4.78 is 7.46. The Bertz CT molecular complexity index is 1060. The van der Waals surface area contributed by atoms with Crippen LogP contribution in [-0.2, 0) is 12.2 Å². The summed E-state index contributed by atoms with van der Waals surface area (Å²) in [5, 5.41) is 9.92. The lowest BCUT2D eigenvalue weighted by Gasteiger charge is -2.11. The highest BCUT2D eigenvalue weighted by atomic mass is 32.2. The molecule has 4 aromatic rings. The van der Waals surface area contributed by atoms with Gasteiger partial charge in [0.2, 0.25) is 0 Å². The van der Waals surface area contributed by atoms with Gasteiger partial charge in [0, 0.05) is 17.9 Å². The van der Waals surface area contributed by atoms with E-state index in [1.54, 1.807) is 18.9 Å². The first kappa shape index (κ1) is 19.3. The molecule has 1 aromatic heterocycles. The van der Waals surface area contributed by atoms with Gasteiger partial charge in [-0.15, -0.1) is 10.2 Å². The van der Waals surface area contributed by atoms with Crippen molar-refractivity contribution in [3.63, 3.8) is 0 Å². The van der Waals surface area contributed by atoms with Crippen molar-refractivity contribution >= 4 is 11.8 Å². The summed E-state index contributed by atoms with van der Waals surface area (Å²) in [4.78, 5) is 0. The van der Waals surface area contributed by atoms with Gasteiger partial charge in [0.05, 0.1) is 7.11 Å². The Balaban J connectivity index is 1.65. The Labute approximate surface area is 175 Å². The van der Waals surface area contributed by atoms with Gasteiger partial charge in [0.15, 0.2) is 5.16 Å². The van der Waals surface area contributed by atoms with Gasteiger partial charge in [-0.1, -0.05) is 71.9 Å². The fourth-order valence-electron chi connectivity index (χ4n) is 3.11. The number of methoxy groups -OCH3 is 1. The average molecular weight is 402 g/mol. The number of rotatable bonds is 7. The van der Waals surface area contributed by atoms with E-state index < -0.39 is 0 Å². The molecule has 0 atom stereocenters. The van der Waals surface area contributed by atoms with Crippen LogP contribution in [0.3, 0.4) is 0 Å². The third-order valence-electron chi connectivity index (χ3n) is 4.72. The normalized spacial score (nSPS) is 10.8. The first-order valence-electron chi connectivity index (χ1n) is 9.54. The monoisotopic (exact) mass is 401 g/mol. The van der Waals surface area contributed by atoms with Crippen LogP contribution in [0.4, 0.5) is 0 Å². The van der Waals surface area contributed by atoms with E-state index >= 15 is 0 Å². The number of aromatic nitrogens is 3. The summed E-state index contributed by atoms with van der Waals surface area (Å²) >= 11 is 1.70. The zero-order valence-electron chi connectivity index (χ0n) is 16.6. The molecular weight excluding hydrogens is 378 g/mol. The van der Waals surface area contributed by atoms with Crippen LogP contribution in [0.25, 0.3) is 5.69 Å². The summed E-state index contributed by atoms with van der Waals surface area (Å²) in [6.07, 6.45) is 0.727. The molecule has 0 aliphatic rings. The Morgan fingerprint density at radius 1 is 0.828 bits per heavy atom. The predicted molar refractivity (Wildman–Crippen MR) is 118 cm³/mol. The molecule has 1 heterocycles. The minimum atomic E-state index is 0.727. The molecule has 0 radical (unpaired) electrons. The summed E-state index contributed by atoms with van der Waals surface area (Å²) in [5.41, 5.74) is 4.79. The molecule has 0 saturated carbocycles. The number of hydrogen-bond donors (Lipinski definition) is 0. The fraction of sp³-hybridized carbons (Fsp3) is 0.167. The van der Waals surface area contributed by atoms with E-state index in [4.69, 9.17) is 4.74 Å². The van der Waals surface area contributed by atoms with Gasteiger partial charge in [0.25, 0.3) is 0 Å². The van der Waals surface area contributed by atoms with Gasteiger partial charge in [0.1, 0.15) is 11.6 Å². The molecule has 0 unspecified atom stereocenters. The molecule has 29 heavy (non-hydrogen) atoms. The van der Waals surface area contributed by atoms with Gasteiger partial charge >= 0.3 is 0 Å².